The van der Waals surface area contributed by atoms with Gasteiger partial charge in [-0.05, 0) is 43.2 Å². The number of hydrogen-bond acceptors (Lipinski definition) is 5. The van der Waals surface area contributed by atoms with Crippen molar-refractivity contribution in [3.8, 4) is 0 Å². The maximum absolute atomic E-state index is 6.04. The topological polar surface area (TPSA) is 45.2 Å². The third-order valence-electron chi connectivity index (χ3n) is 4.23. The van der Waals surface area contributed by atoms with Gasteiger partial charge in [0, 0.05) is 26.7 Å². The van der Waals surface area contributed by atoms with Crippen LogP contribution in [0.2, 0.25) is 5.28 Å². The summed E-state index contributed by atoms with van der Waals surface area (Å²) in [6, 6.07) is 0.599. The fourth-order valence-electron chi connectivity index (χ4n) is 3.36. The third-order valence-corrected chi connectivity index (χ3v) is 4.40. The number of hydrogen-bond donors (Lipinski definition) is 0. The molecular formula is C13H20ClN5. The van der Waals surface area contributed by atoms with Crippen molar-refractivity contribution >= 4 is 23.5 Å². The van der Waals surface area contributed by atoms with Crippen LogP contribution in [0.1, 0.15) is 32.1 Å². The van der Waals surface area contributed by atoms with Crippen LogP contribution in [0.15, 0.2) is 0 Å². The van der Waals surface area contributed by atoms with E-state index >= 15 is 0 Å². The highest BCUT2D eigenvalue weighted by Crippen LogP contribution is 2.38. The van der Waals surface area contributed by atoms with Gasteiger partial charge in [0.1, 0.15) is 0 Å². The van der Waals surface area contributed by atoms with E-state index in [0.717, 1.165) is 18.4 Å². The van der Waals surface area contributed by atoms with Crippen molar-refractivity contribution in [2.75, 3.05) is 30.4 Å². The van der Waals surface area contributed by atoms with Crippen molar-refractivity contribution in [1.82, 2.24) is 15.0 Å². The molecule has 2 fully saturated rings. The summed E-state index contributed by atoms with van der Waals surface area (Å²) in [6.45, 7) is 1.04. The van der Waals surface area contributed by atoms with Crippen LogP contribution in [0.25, 0.3) is 0 Å². The van der Waals surface area contributed by atoms with Crippen molar-refractivity contribution in [3.63, 3.8) is 0 Å². The number of rotatable bonds is 2. The average Bonchev–Trinajstić information content (AvgIpc) is 2.85. The molecule has 6 heteroatoms. The van der Waals surface area contributed by atoms with E-state index in [-0.39, 0.29) is 5.28 Å². The van der Waals surface area contributed by atoms with Gasteiger partial charge in [0.15, 0.2) is 0 Å². The first-order valence-electron chi connectivity index (χ1n) is 7.00. The molecule has 5 nitrogen and oxygen atoms in total. The molecule has 1 saturated heterocycles. The first-order chi connectivity index (χ1) is 9.15. The van der Waals surface area contributed by atoms with E-state index in [1.807, 2.05) is 19.0 Å². The van der Waals surface area contributed by atoms with Gasteiger partial charge in [-0.3, -0.25) is 0 Å². The smallest absolute Gasteiger partial charge is 0.231 e. The Morgan fingerprint density at radius 1 is 1.11 bits per heavy atom. The van der Waals surface area contributed by atoms with E-state index in [1.54, 1.807) is 0 Å². The van der Waals surface area contributed by atoms with Gasteiger partial charge in [-0.1, -0.05) is 6.42 Å². The van der Waals surface area contributed by atoms with E-state index in [0.29, 0.717) is 12.0 Å². The van der Waals surface area contributed by atoms with Gasteiger partial charge in [0.2, 0.25) is 17.2 Å². The summed E-state index contributed by atoms with van der Waals surface area (Å²) < 4.78 is 0. The van der Waals surface area contributed by atoms with Gasteiger partial charge in [0.25, 0.3) is 0 Å². The Morgan fingerprint density at radius 2 is 1.89 bits per heavy atom. The lowest BCUT2D eigenvalue weighted by Gasteiger charge is -2.37. The summed E-state index contributed by atoms with van der Waals surface area (Å²) in [5.41, 5.74) is 0. The van der Waals surface area contributed by atoms with E-state index in [4.69, 9.17) is 11.6 Å². The molecule has 0 aromatic carbocycles. The minimum atomic E-state index is 0.286. The molecule has 3 rings (SSSR count). The maximum atomic E-state index is 6.04. The summed E-state index contributed by atoms with van der Waals surface area (Å²) >= 11 is 6.04. The van der Waals surface area contributed by atoms with Crippen molar-refractivity contribution in [1.29, 1.82) is 0 Å². The van der Waals surface area contributed by atoms with Crippen molar-refractivity contribution in [2.45, 2.75) is 38.1 Å². The number of aromatic nitrogens is 3. The minimum absolute atomic E-state index is 0.286. The van der Waals surface area contributed by atoms with Gasteiger partial charge in [0.05, 0.1) is 0 Å². The molecule has 2 aliphatic rings. The Balaban J connectivity index is 1.92. The SMILES string of the molecule is CN(C)c1nc(Cl)nc(N2CCCC3CCCC32)n1. The normalized spacial score (nSPS) is 26.4. The van der Waals surface area contributed by atoms with Gasteiger partial charge in [-0.15, -0.1) is 0 Å². The molecule has 0 amide bonds. The highest BCUT2D eigenvalue weighted by Gasteiger charge is 2.36. The van der Waals surface area contributed by atoms with E-state index in [9.17, 15) is 0 Å². The number of halogens is 1. The number of nitrogens with zero attached hydrogens (tertiary/aromatic N) is 5. The third kappa shape index (κ3) is 2.48. The maximum Gasteiger partial charge on any atom is 0.231 e. The summed E-state index contributed by atoms with van der Waals surface area (Å²) in [7, 11) is 3.84. The summed E-state index contributed by atoms with van der Waals surface area (Å²) in [5, 5.41) is 0.286. The van der Waals surface area contributed by atoms with Crippen LogP contribution in [0.3, 0.4) is 0 Å². The van der Waals surface area contributed by atoms with E-state index in [1.165, 1.54) is 32.1 Å². The highest BCUT2D eigenvalue weighted by molar-refractivity contribution is 6.28. The molecule has 1 aliphatic carbocycles. The molecule has 0 bridgehead atoms. The first-order valence-corrected chi connectivity index (χ1v) is 7.38. The summed E-state index contributed by atoms with van der Waals surface area (Å²) in [4.78, 5) is 17.3. The molecule has 19 heavy (non-hydrogen) atoms. The molecule has 1 aromatic rings. The standard InChI is InChI=1S/C13H20ClN5/c1-18(2)12-15-11(14)16-13(17-12)19-8-4-6-9-5-3-7-10(9)19/h9-10H,3-8H2,1-2H3. The molecule has 1 saturated carbocycles. The molecule has 1 aliphatic heterocycles. The second kappa shape index (κ2) is 5.12. The van der Waals surface area contributed by atoms with E-state index < -0.39 is 0 Å². The quantitative estimate of drug-likeness (QED) is 0.833. The molecule has 2 atom stereocenters. The molecule has 2 heterocycles. The van der Waals surface area contributed by atoms with Gasteiger partial charge in [-0.25, -0.2) is 0 Å². The lowest BCUT2D eigenvalue weighted by atomic mass is 9.92. The second-order valence-corrected chi connectivity index (χ2v) is 6.03. The van der Waals surface area contributed by atoms with Crippen LogP contribution in [0, 0.1) is 5.92 Å². The van der Waals surface area contributed by atoms with E-state index in [2.05, 4.69) is 19.9 Å². The summed E-state index contributed by atoms with van der Waals surface area (Å²) in [6.07, 6.45) is 6.50. The Morgan fingerprint density at radius 3 is 2.68 bits per heavy atom. The zero-order chi connectivity index (χ0) is 13.4. The molecule has 0 N–H and O–H groups in total. The molecular weight excluding hydrogens is 262 g/mol. The fraction of sp³-hybridized carbons (Fsp3) is 0.769. The number of anilines is 2. The Bertz CT molecular complexity index is 464. The molecule has 0 radical (unpaired) electrons. The molecule has 104 valence electrons. The zero-order valence-electron chi connectivity index (χ0n) is 11.5. The van der Waals surface area contributed by atoms with Crippen LogP contribution in [0.4, 0.5) is 11.9 Å². The predicted octanol–water partition coefficient (Wildman–Crippen LogP) is 2.36. The monoisotopic (exact) mass is 281 g/mol. The van der Waals surface area contributed by atoms with Gasteiger partial charge in [-0.2, -0.15) is 15.0 Å². The first kappa shape index (κ1) is 12.9. The Labute approximate surface area is 119 Å². The van der Waals surface area contributed by atoms with Crippen LogP contribution in [-0.2, 0) is 0 Å². The van der Waals surface area contributed by atoms with Crippen LogP contribution in [0.5, 0.6) is 0 Å². The zero-order valence-corrected chi connectivity index (χ0v) is 12.3. The van der Waals surface area contributed by atoms with Crippen LogP contribution in [-0.4, -0.2) is 41.6 Å². The lowest BCUT2D eigenvalue weighted by molar-refractivity contribution is 0.358. The number of piperidine rings is 1. The summed E-state index contributed by atoms with van der Waals surface area (Å²) in [5.74, 6) is 2.20. The largest absolute Gasteiger partial charge is 0.347 e. The van der Waals surface area contributed by atoms with Crippen LogP contribution >= 0.6 is 11.6 Å². The Hall–Kier alpha value is -1.10. The predicted molar refractivity (Wildman–Crippen MR) is 76.9 cm³/mol. The van der Waals surface area contributed by atoms with Crippen molar-refractivity contribution < 1.29 is 0 Å². The highest BCUT2D eigenvalue weighted by atomic mass is 35.5. The van der Waals surface area contributed by atoms with Crippen molar-refractivity contribution in [2.24, 2.45) is 5.92 Å². The molecule has 0 spiro atoms. The van der Waals surface area contributed by atoms with Crippen LogP contribution < -0.4 is 9.80 Å². The average molecular weight is 282 g/mol. The Kier molecular flexibility index (Phi) is 3.48. The number of fused-ring (bicyclic) bond motifs is 1. The second-order valence-electron chi connectivity index (χ2n) is 5.69. The van der Waals surface area contributed by atoms with Gasteiger partial charge < -0.3 is 9.80 Å². The van der Waals surface area contributed by atoms with Crippen molar-refractivity contribution in [3.05, 3.63) is 5.28 Å². The van der Waals surface area contributed by atoms with Gasteiger partial charge >= 0.3 is 0 Å². The lowest BCUT2D eigenvalue weighted by Crippen LogP contribution is -2.43. The minimum Gasteiger partial charge on any atom is -0.347 e. The fourth-order valence-corrected chi connectivity index (χ4v) is 3.51. The molecule has 2 unspecified atom stereocenters. The molecule has 1 aromatic heterocycles.